The zero-order valence-corrected chi connectivity index (χ0v) is 15.2. The maximum atomic E-state index is 11.9. The number of carbonyl (C=O) groups excluding carboxylic acids is 2. The summed E-state index contributed by atoms with van der Waals surface area (Å²) in [5.41, 5.74) is 2.04. The molecule has 0 radical (unpaired) electrons. The van der Waals surface area contributed by atoms with Gasteiger partial charge in [0.15, 0.2) is 10.1 Å². The number of carbonyl (C=O) groups is 2. The summed E-state index contributed by atoms with van der Waals surface area (Å²) in [5, 5.41) is 2.98. The number of anilines is 1. The largest absolute Gasteiger partial charge is 0.444 e. The number of ketones is 1. The number of nitrogens with one attached hydrogen (secondary N) is 1. The highest BCUT2D eigenvalue weighted by Gasteiger charge is 2.53. The first-order valence-corrected chi connectivity index (χ1v) is 8.69. The highest BCUT2D eigenvalue weighted by Crippen LogP contribution is 2.52. The number of hydrogen-bond donors (Lipinski definition) is 1. The molecule has 1 aliphatic carbocycles. The summed E-state index contributed by atoms with van der Waals surface area (Å²) < 4.78 is 3.71. The molecule has 4 nitrogen and oxygen atoms in total. The first-order valence-electron chi connectivity index (χ1n) is 7.56. The van der Waals surface area contributed by atoms with Gasteiger partial charge in [-0.3, -0.25) is 10.1 Å². The molecule has 0 bridgehead atoms. The van der Waals surface area contributed by atoms with Crippen LogP contribution >= 0.6 is 34.8 Å². The summed E-state index contributed by atoms with van der Waals surface area (Å²) in [4.78, 5) is 23.3. The van der Waals surface area contributed by atoms with Crippen molar-refractivity contribution in [2.75, 3.05) is 5.32 Å². The highest BCUT2D eigenvalue weighted by molar-refractivity contribution is 6.61. The number of ether oxygens (including phenoxy) is 1. The lowest BCUT2D eigenvalue weighted by Gasteiger charge is -2.38. The molecule has 130 valence electrons. The summed E-state index contributed by atoms with van der Waals surface area (Å²) in [6.07, 6.45) is -0.339. The molecule has 7 heteroatoms. The van der Waals surface area contributed by atoms with E-state index >= 15 is 0 Å². The summed E-state index contributed by atoms with van der Waals surface area (Å²) in [5.74, 6) is -0.571. The van der Waals surface area contributed by atoms with Crippen LogP contribution in [0.5, 0.6) is 0 Å². The van der Waals surface area contributed by atoms with Crippen LogP contribution in [0.1, 0.15) is 23.5 Å². The van der Waals surface area contributed by atoms with Crippen LogP contribution < -0.4 is 5.32 Å². The van der Waals surface area contributed by atoms with Crippen molar-refractivity contribution in [2.45, 2.75) is 23.3 Å². The van der Waals surface area contributed by atoms with Crippen molar-refractivity contribution in [1.82, 2.24) is 0 Å². The molecule has 1 N–H and O–H groups in total. The first-order chi connectivity index (χ1) is 11.9. The average Bonchev–Trinajstić information content (AvgIpc) is 2.59. The lowest BCUT2D eigenvalue weighted by Crippen LogP contribution is -2.45. The minimum Gasteiger partial charge on any atom is -0.444 e. The SMILES string of the molecule is O=C(Nc1ccc(C2CC(=O)C2(Cl)Cl)c(Cl)c1)OCc1ccccc1. The first kappa shape index (κ1) is 18.1. The van der Waals surface area contributed by atoms with E-state index in [-0.39, 0.29) is 24.7 Å². The Morgan fingerprint density at radius 1 is 1.20 bits per heavy atom. The van der Waals surface area contributed by atoms with Crippen molar-refractivity contribution >= 4 is 52.4 Å². The minimum absolute atomic E-state index is 0.170. The smallest absolute Gasteiger partial charge is 0.411 e. The molecule has 1 unspecified atom stereocenters. The second-order valence-electron chi connectivity index (χ2n) is 5.73. The standard InChI is InChI=1S/C18H14Cl3NO3/c19-15-8-12(6-7-13(15)14-9-16(23)18(14,20)21)22-17(24)25-10-11-4-2-1-3-5-11/h1-8,14H,9-10H2,(H,22,24). The van der Waals surface area contributed by atoms with E-state index in [4.69, 9.17) is 39.5 Å². The minimum atomic E-state index is -1.44. The van der Waals surface area contributed by atoms with Gasteiger partial charge in [-0.25, -0.2) is 4.79 Å². The number of Topliss-reactive ketones (excluding diaryl/α,β-unsaturated/α-hetero) is 1. The normalized spacial score (nSPS) is 18.4. The zero-order valence-electron chi connectivity index (χ0n) is 13.0. The lowest BCUT2D eigenvalue weighted by molar-refractivity contribution is -0.125. The predicted octanol–water partition coefficient (Wildman–Crippen LogP) is 5.32. The topological polar surface area (TPSA) is 55.4 Å². The summed E-state index contributed by atoms with van der Waals surface area (Å²) in [7, 11) is 0. The molecule has 1 atom stereocenters. The van der Waals surface area contributed by atoms with Gasteiger partial charge in [0.1, 0.15) is 6.61 Å². The second kappa shape index (κ2) is 7.24. The maximum Gasteiger partial charge on any atom is 0.411 e. The molecule has 2 aromatic rings. The quantitative estimate of drug-likeness (QED) is 0.709. The van der Waals surface area contributed by atoms with E-state index in [1.165, 1.54) is 0 Å². The molecule has 0 heterocycles. The third-order valence-electron chi connectivity index (χ3n) is 4.03. The zero-order chi connectivity index (χ0) is 18.0. The Labute approximate surface area is 160 Å². The Balaban J connectivity index is 1.61. The Kier molecular flexibility index (Phi) is 5.23. The van der Waals surface area contributed by atoms with Gasteiger partial charge in [-0.15, -0.1) is 0 Å². The van der Waals surface area contributed by atoms with Crippen LogP contribution in [0.25, 0.3) is 0 Å². The third kappa shape index (κ3) is 3.92. The molecule has 1 fully saturated rings. The number of rotatable bonds is 4. The average molecular weight is 399 g/mol. The number of alkyl halides is 2. The number of hydrogen-bond acceptors (Lipinski definition) is 3. The molecule has 0 aliphatic heterocycles. The molecular weight excluding hydrogens is 385 g/mol. The van der Waals surface area contributed by atoms with Crippen LogP contribution in [0.4, 0.5) is 10.5 Å². The molecule has 0 spiro atoms. The van der Waals surface area contributed by atoms with Crippen LogP contribution in [0, 0.1) is 0 Å². The van der Waals surface area contributed by atoms with Gasteiger partial charge in [0.2, 0.25) is 0 Å². The van der Waals surface area contributed by atoms with Crippen LogP contribution in [-0.4, -0.2) is 16.2 Å². The Morgan fingerprint density at radius 2 is 1.92 bits per heavy atom. The van der Waals surface area contributed by atoms with Crippen LogP contribution in [0.3, 0.4) is 0 Å². The molecule has 1 amide bonds. The van der Waals surface area contributed by atoms with E-state index in [0.29, 0.717) is 16.3 Å². The highest BCUT2D eigenvalue weighted by atomic mass is 35.5. The molecule has 1 aliphatic rings. The van der Waals surface area contributed by atoms with Crippen molar-refractivity contribution in [3.63, 3.8) is 0 Å². The van der Waals surface area contributed by atoms with E-state index in [1.807, 2.05) is 30.3 Å². The van der Waals surface area contributed by atoms with Crippen molar-refractivity contribution in [2.24, 2.45) is 0 Å². The van der Waals surface area contributed by atoms with Crippen molar-refractivity contribution < 1.29 is 14.3 Å². The Morgan fingerprint density at radius 3 is 2.52 bits per heavy atom. The van der Waals surface area contributed by atoms with Crippen molar-refractivity contribution in [3.05, 3.63) is 64.7 Å². The third-order valence-corrected chi connectivity index (χ3v) is 5.31. The molecule has 0 aromatic heterocycles. The number of benzene rings is 2. The van der Waals surface area contributed by atoms with Crippen LogP contribution in [0.2, 0.25) is 5.02 Å². The second-order valence-corrected chi connectivity index (χ2v) is 7.52. The fraction of sp³-hybridized carbons (Fsp3) is 0.222. The number of halogens is 3. The molecule has 2 aromatic carbocycles. The van der Waals surface area contributed by atoms with Gasteiger partial charge in [-0.05, 0) is 23.3 Å². The molecule has 3 rings (SSSR count). The van der Waals surface area contributed by atoms with Gasteiger partial charge in [0.25, 0.3) is 0 Å². The van der Waals surface area contributed by atoms with Crippen molar-refractivity contribution in [1.29, 1.82) is 0 Å². The van der Waals surface area contributed by atoms with E-state index in [9.17, 15) is 9.59 Å². The van der Waals surface area contributed by atoms with E-state index < -0.39 is 10.4 Å². The predicted molar refractivity (Wildman–Crippen MR) is 98.5 cm³/mol. The van der Waals surface area contributed by atoms with E-state index in [0.717, 1.165) is 5.56 Å². The van der Waals surface area contributed by atoms with Gasteiger partial charge >= 0.3 is 6.09 Å². The van der Waals surface area contributed by atoms with Gasteiger partial charge in [0.05, 0.1) is 0 Å². The Hall–Kier alpha value is -1.75. The monoisotopic (exact) mass is 397 g/mol. The van der Waals surface area contributed by atoms with E-state index in [2.05, 4.69) is 5.32 Å². The lowest BCUT2D eigenvalue weighted by atomic mass is 9.77. The van der Waals surface area contributed by atoms with Gasteiger partial charge in [-0.2, -0.15) is 0 Å². The molecule has 1 saturated carbocycles. The van der Waals surface area contributed by atoms with Gasteiger partial charge in [0, 0.05) is 23.0 Å². The van der Waals surface area contributed by atoms with Gasteiger partial charge in [-0.1, -0.05) is 71.2 Å². The van der Waals surface area contributed by atoms with Crippen LogP contribution in [-0.2, 0) is 16.1 Å². The fourth-order valence-electron chi connectivity index (χ4n) is 2.58. The summed E-state index contributed by atoms with van der Waals surface area (Å²) >= 11 is 18.3. The number of amides is 1. The van der Waals surface area contributed by atoms with Gasteiger partial charge < -0.3 is 4.74 Å². The summed E-state index contributed by atoms with van der Waals surface area (Å²) in [6, 6.07) is 14.3. The molecule has 25 heavy (non-hydrogen) atoms. The molecular formula is C18H14Cl3NO3. The fourth-order valence-corrected chi connectivity index (χ4v) is 3.44. The molecule has 0 saturated heterocycles. The van der Waals surface area contributed by atoms with Crippen molar-refractivity contribution in [3.8, 4) is 0 Å². The maximum absolute atomic E-state index is 11.9. The van der Waals surface area contributed by atoms with Crippen LogP contribution in [0.15, 0.2) is 48.5 Å². The summed E-state index contributed by atoms with van der Waals surface area (Å²) in [6.45, 7) is 0.170. The Bertz CT molecular complexity index is 808. The van der Waals surface area contributed by atoms with E-state index in [1.54, 1.807) is 18.2 Å².